The second kappa shape index (κ2) is 4.17. The summed E-state index contributed by atoms with van der Waals surface area (Å²) in [5, 5.41) is 12.7. The lowest BCUT2D eigenvalue weighted by molar-refractivity contribution is 0.106. The Morgan fingerprint density at radius 2 is 2.12 bits per heavy atom. The maximum Gasteiger partial charge on any atom is 0.123 e. The lowest BCUT2D eigenvalue weighted by Crippen LogP contribution is -2.21. The van der Waals surface area contributed by atoms with Crippen molar-refractivity contribution in [2.24, 2.45) is 0 Å². The molecule has 84 valence electrons. The molecule has 2 rings (SSSR count). The normalized spacial score (nSPS) is 14.8. The van der Waals surface area contributed by atoms with Crippen LogP contribution in [0.15, 0.2) is 35.7 Å². The monoisotopic (exact) mass is 256 g/mol. The highest BCUT2D eigenvalue weighted by Gasteiger charge is 2.29. The first-order valence-corrected chi connectivity index (χ1v) is 5.99. The number of hydrogen-bond donors (Lipinski definition) is 1. The molecule has 2 aromatic rings. The Morgan fingerprint density at radius 1 is 1.38 bits per heavy atom. The molecule has 1 unspecified atom stereocenters. The van der Waals surface area contributed by atoms with E-state index >= 15 is 0 Å². The molecule has 1 nitrogen and oxygen atoms in total. The average Bonchev–Trinajstić information content (AvgIpc) is 2.65. The molecular formula is C12H10ClFOS. The van der Waals surface area contributed by atoms with Crippen LogP contribution < -0.4 is 0 Å². The zero-order valence-corrected chi connectivity index (χ0v) is 10.1. The van der Waals surface area contributed by atoms with Crippen molar-refractivity contribution in [2.75, 3.05) is 0 Å². The van der Waals surface area contributed by atoms with Crippen LogP contribution in [-0.4, -0.2) is 5.11 Å². The third-order valence-electron chi connectivity index (χ3n) is 2.45. The van der Waals surface area contributed by atoms with E-state index in [2.05, 4.69) is 0 Å². The SMILES string of the molecule is CC(O)(c1cccc(F)c1)c1sccc1Cl. The molecule has 16 heavy (non-hydrogen) atoms. The number of hydrogen-bond acceptors (Lipinski definition) is 2. The number of thiophene rings is 1. The number of aliphatic hydroxyl groups is 1. The summed E-state index contributed by atoms with van der Waals surface area (Å²) in [6.07, 6.45) is 0. The van der Waals surface area contributed by atoms with Gasteiger partial charge in [0.25, 0.3) is 0 Å². The Kier molecular flexibility index (Phi) is 3.02. The van der Waals surface area contributed by atoms with E-state index < -0.39 is 5.60 Å². The predicted octanol–water partition coefficient (Wildman–Crippen LogP) is 3.80. The highest BCUT2D eigenvalue weighted by Crippen LogP contribution is 2.37. The molecule has 0 amide bonds. The van der Waals surface area contributed by atoms with E-state index in [1.165, 1.54) is 23.5 Å². The molecule has 0 bridgehead atoms. The Balaban J connectivity index is 2.51. The molecule has 0 radical (unpaired) electrons. The molecule has 4 heteroatoms. The first kappa shape index (κ1) is 11.6. The van der Waals surface area contributed by atoms with Crippen molar-refractivity contribution >= 4 is 22.9 Å². The second-order valence-corrected chi connectivity index (χ2v) is 5.00. The van der Waals surface area contributed by atoms with E-state index in [4.69, 9.17) is 11.6 Å². The number of rotatable bonds is 2. The van der Waals surface area contributed by atoms with Gasteiger partial charge in [-0.1, -0.05) is 23.7 Å². The van der Waals surface area contributed by atoms with Gasteiger partial charge in [0.1, 0.15) is 11.4 Å². The third kappa shape index (κ3) is 1.98. The predicted molar refractivity (Wildman–Crippen MR) is 64.4 cm³/mol. The Hall–Kier alpha value is -0.900. The first-order valence-electron chi connectivity index (χ1n) is 4.73. The van der Waals surface area contributed by atoms with Crippen molar-refractivity contribution in [3.05, 3.63) is 57.0 Å². The van der Waals surface area contributed by atoms with E-state index in [1.54, 1.807) is 30.5 Å². The van der Waals surface area contributed by atoms with E-state index in [9.17, 15) is 9.50 Å². The van der Waals surface area contributed by atoms with Crippen LogP contribution in [-0.2, 0) is 5.60 Å². The first-order chi connectivity index (χ1) is 7.51. The lowest BCUT2D eigenvalue weighted by Gasteiger charge is -2.23. The number of benzene rings is 1. The molecule has 0 aliphatic heterocycles. The van der Waals surface area contributed by atoms with E-state index in [-0.39, 0.29) is 5.82 Å². The van der Waals surface area contributed by atoms with Gasteiger partial charge in [0, 0.05) is 0 Å². The fourth-order valence-electron chi connectivity index (χ4n) is 1.56. The van der Waals surface area contributed by atoms with Crippen LogP contribution in [0.25, 0.3) is 0 Å². The molecule has 0 fully saturated rings. The van der Waals surface area contributed by atoms with Gasteiger partial charge in [-0.2, -0.15) is 0 Å². The average molecular weight is 257 g/mol. The summed E-state index contributed by atoms with van der Waals surface area (Å²) in [4.78, 5) is 0.625. The van der Waals surface area contributed by atoms with Crippen molar-refractivity contribution in [3.63, 3.8) is 0 Å². The molecule has 1 heterocycles. The minimum absolute atomic E-state index is 0.370. The van der Waals surface area contributed by atoms with E-state index in [0.717, 1.165) is 0 Å². The van der Waals surface area contributed by atoms with Crippen LogP contribution in [0.1, 0.15) is 17.4 Å². The van der Waals surface area contributed by atoms with Gasteiger partial charge in [0.15, 0.2) is 0 Å². The second-order valence-electron chi connectivity index (χ2n) is 3.68. The molecule has 0 saturated heterocycles. The molecule has 0 aliphatic carbocycles. The van der Waals surface area contributed by atoms with Gasteiger partial charge in [-0.25, -0.2) is 4.39 Å². The van der Waals surface area contributed by atoms with Gasteiger partial charge in [0.05, 0.1) is 9.90 Å². The zero-order valence-electron chi connectivity index (χ0n) is 8.58. The molecule has 0 aliphatic rings. The quantitative estimate of drug-likeness (QED) is 0.867. The Bertz CT molecular complexity index is 507. The fourth-order valence-corrected chi connectivity index (χ4v) is 2.89. The molecule has 0 spiro atoms. The summed E-state index contributed by atoms with van der Waals surface area (Å²) in [6, 6.07) is 7.63. The van der Waals surface area contributed by atoms with Gasteiger partial charge in [0.2, 0.25) is 0 Å². The molecule has 1 aromatic carbocycles. The molecule has 1 atom stereocenters. The minimum atomic E-state index is -1.26. The van der Waals surface area contributed by atoms with Gasteiger partial charge in [-0.15, -0.1) is 11.3 Å². The van der Waals surface area contributed by atoms with Crippen molar-refractivity contribution in [1.82, 2.24) is 0 Å². The van der Waals surface area contributed by atoms with Gasteiger partial charge in [-0.3, -0.25) is 0 Å². The smallest absolute Gasteiger partial charge is 0.123 e. The van der Waals surface area contributed by atoms with Crippen molar-refractivity contribution in [2.45, 2.75) is 12.5 Å². The Morgan fingerprint density at radius 3 is 2.69 bits per heavy atom. The summed E-state index contributed by atoms with van der Waals surface area (Å²) in [7, 11) is 0. The molecule has 1 aromatic heterocycles. The van der Waals surface area contributed by atoms with Crippen LogP contribution >= 0.6 is 22.9 Å². The standard InChI is InChI=1S/C12H10ClFOS/c1-12(15,11-10(13)5-6-16-11)8-3-2-4-9(14)7-8/h2-7,15H,1H3. The number of halogens is 2. The molecular weight excluding hydrogens is 247 g/mol. The van der Waals surface area contributed by atoms with Crippen LogP contribution in [0.5, 0.6) is 0 Å². The zero-order chi connectivity index (χ0) is 11.8. The molecule has 1 N–H and O–H groups in total. The highest BCUT2D eigenvalue weighted by atomic mass is 35.5. The largest absolute Gasteiger partial charge is 0.380 e. The summed E-state index contributed by atoms with van der Waals surface area (Å²) < 4.78 is 13.1. The Labute approximate surface area is 102 Å². The topological polar surface area (TPSA) is 20.2 Å². The van der Waals surface area contributed by atoms with E-state index in [1.807, 2.05) is 0 Å². The van der Waals surface area contributed by atoms with Gasteiger partial charge < -0.3 is 5.11 Å². The van der Waals surface area contributed by atoms with Gasteiger partial charge >= 0.3 is 0 Å². The maximum absolute atomic E-state index is 13.1. The van der Waals surface area contributed by atoms with Crippen LogP contribution in [0.3, 0.4) is 0 Å². The van der Waals surface area contributed by atoms with Crippen LogP contribution in [0, 0.1) is 5.82 Å². The summed E-state index contributed by atoms with van der Waals surface area (Å²) >= 11 is 7.32. The van der Waals surface area contributed by atoms with Gasteiger partial charge in [-0.05, 0) is 36.1 Å². The molecule has 0 saturated carbocycles. The fraction of sp³-hybridized carbons (Fsp3) is 0.167. The van der Waals surface area contributed by atoms with Crippen molar-refractivity contribution < 1.29 is 9.50 Å². The summed E-state index contributed by atoms with van der Waals surface area (Å²) in [5.41, 5.74) is -0.760. The third-order valence-corrected chi connectivity index (χ3v) is 4.00. The summed E-state index contributed by atoms with van der Waals surface area (Å²) in [5.74, 6) is -0.370. The maximum atomic E-state index is 13.1. The van der Waals surface area contributed by atoms with Crippen molar-refractivity contribution in [1.29, 1.82) is 0 Å². The highest BCUT2D eigenvalue weighted by molar-refractivity contribution is 7.10. The van der Waals surface area contributed by atoms with Crippen LogP contribution in [0.2, 0.25) is 5.02 Å². The van der Waals surface area contributed by atoms with E-state index in [0.29, 0.717) is 15.5 Å². The van der Waals surface area contributed by atoms with Crippen molar-refractivity contribution in [3.8, 4) is 0 Å². The van der Waals surface area contributed by atoms with Crippen LogP contribution in [0.4, 0.5) is 4.39 Å². The minimum Gasteiger partial charge on any atom is -0.380 e. The lowest BCUT2D eigenvalue weighted by atomic mass is 9.94. The summed E-state index contributed by atoms with van der Waals surface area (Å²) in [6.45, 7) is 1.61.